The molecule has 2 rings (SSSR count). The zero-order chi connectivity index (χ0) is 14.8. The minimum atomic E-state index is -0.401. The molecule has 0 heterocycles. The van der Waals surface area contributed by atoms with E-state index in [2.05, 4.69) is 12.1 Å². The van der Waals surface area contributed by atoms with Crippen LogP contribution in [0.1, 0.15) is 39.2 Å². The van der Waals surface area contributed by atoms with Gasteiger partial charge in [0.1, 0.15) is 0 Å². The van der Waals surface area contributed by atoms with Gasteiger partial charge in [0.25, 0.3) is 0 Å². The predicted octanol–water partition coefficient (Wildman–Crippen LogP) is 2.55. The van der Waals surface area contributed by atoms with Crippen molar-refractivity contribution in [2.24, 2.45) is 11.7 Å². The van der Waals surface area contributed by atoms with Gasteiger partial charge >= 0.3 is 0 Å². The van der Waals surface area contributed by atoms with Gasteiger partial charge in [-0.2, -0.15) is 0 Å². The molecule has 1 aliphatic carbocycles. The van der Waals surface area contributed by atoms with Gasteiger partial charge < -0.3 is 10.6 Å². The fourth-order valence-corrected chi connectivity index (χ4v) is 3.59. The Morgan fingerprint density at radius 3 is 2.35 bits per heavy atom. The molecule has 1 aromatic rings. The molecule has 2 N–H and O–H groups in total. The molecule has 1 aliphatic rings. The molecular formula is C17H26N2O. The first-order chi connectivity index (χ1) is 9.57. The Balaban J connectivity index is 2.43. The number of hydrogen-bond acceptors (Lipinski definition) is 2. The lowest BCUT2D eigenvalue weighted by molar-refractivity contribution is -0.145. The molecule has 1 unspecified atom stereocenters. The zero-order valence-electron chi connectivity index (χ0n) is 12.8. The average Bonchev–Trinajstić information content (AvgIpc) is 2.40. The second-order valence-corrected chi connectivity index (χ2v) is 5.82. The molecule has 20 heavy (non-hydrogen) atoms. The Bertz CT molecular complexity index is 453. The number of carbonyl (C=O) groups is 1. The minimum Gasteiger partial charge on any atom is -0.342 e. The Morgan fingerprint density at radius 1 is 1.35 bits per heavy atom. The highest BCUT2D eigenvalue weighted by Crippen LogP contribution is 2.51. The number of amides is 1. The zero-order valence-corrected chi connectivity index (χ0v) is 12.8. The maximum Gasteiger partial charge on any atom is 0.233 e. The molecule has 1 aromatic carbocycles. The molecule has 1 saturated carbocycles. The lowest BCUT2D eigenvalue weighted by Crippen LogP contribution is -2.60. The number of likely N-dealkylation sites (N-methyl/N-ethyl adjacent to an activating group) is 1. The summed E-state index contributed by atoms with van der Waals surface area (Å²) in [5.74, 6) is 0.500. The molecule has 3 nitrogen and oxygen atoms in total. The van der Waals surface area contributed by atoms with Gasteiger partial charge in [-0.25, -0.2) is 0 Å². The molecule has 0 aromatic heterocycles. The van der Waals surface area contributed by atoms with Crippen molar-refractivity contribution in [2.45, 2.75) is 45.1 Å². The molecule has 1 fully saturated rings. The topological polar surface area (TPSA) is 46.3 Å². The molecule has 0 bridgehead atoms. The third-order valence-electron chi connectivity index (χ3n) is 4.84. The Hall–Kier alpha value is -1.35. The van der Waals surface area contributed by atoms with E-state index in [1.807, 2.05) is 43.9 Å². The van der Waals surface area contributed by atoms with Gasteiger partial charge in [-0.3, -0.25) is 4.79 Å². The van der Waals surface area contributed by atoms with Gasteiger partial charge in [-0.05, 0) is 45.1 Å². The van der Waals surface area contributed by atoms with Crippen LogP contribution in [-0.2, 0) is 10.2 Å². The van der Waals surface area contributed by atoms with Crippen LogP contribution < -0.4 is 5.73 Å². The van der Waals surface area contributed by atoms with Crippen molar-refractivity contribution in [3.05, 3.63) is 35.9 Å². The summed E-state index contributed by atoms with van der Waals surface area (Å²) in [5.41, 5.74) is 6.89. The highest BCUT2D eigenvalue weighted by molar-refractivity contribution is 5.90. The normalized spacial score (nSPS) is 26.7. The van der Waals surface area contributed by atoms with Crippen molar-refractivity contribution in [1.29, 1.82) is 0 Å². The van der Waals surface area contributed by atoms with Gasteiger partial charge in [0.2, 0.25) is 5.91 Å². The molecule has 1 amide bonds. The van der Waals surface area contributed by atoms with E-state index < -0.39 is 5.41 Å². The summed E-state index contributed by atoms with van der Waals surface area (Å²) in [4.78, 5) is 15.0. The van der Waals surface area contributed by atoms with E-state index in [0.717, 1.165) is 31.5 Å². The van der Waals surface area contributed by atoms with E-state index in [0.29, 0.717) is 0 Å². The van der Waals surface area contributed by atoms with Crippen molar-refractivity contribution < 1.29 is 4.79 Å². The van der Waals surface area contributed by atoms with Gasteiger partial charge in [-0.1, -0.05) is 30.3 Å². The van der Waals surface area contributed by atoms with E-state index in [1.165, 1.54) is 0 Å². The molecule has 110 valence electrons. The van der Waals surface area contributed by atoms with Gasteiger partial charge in [0, 0.05) is 19.1 Å². The highest BCUT2D eigenvalue weighted by Gasteiger charge is 2.55. The van der Waals surface area contributed by atoms with Gasteiger partial charge in [0.05, 0.1) is 5.41 Å². The molecule has 0 radical (unpaired) electrons. The smallest absolute Gasteiger partial charge is 0.233 e. The summed E-state index contributed by atoms with van der Waals surface area (Å²) in [6, 6.07) is 10.2. The van der Waals surface area contributed by atoms with Crippen molar-refractivity contribution in [1.82, 2.24) is 4.90 Å². The van der Waals surface area contributed by atoms with Crippen LogP contribution in [0.2, 0.25) is 0 Å². The summed E-state index contributed by atoms with van der Waals surface area (Å²) >= 11 is 0. The number of nitrogens with two attached hydrogens (primary N) is 1. The standard InChI is InChI=1S/C17H26N2O/c1-4-19(5-2)16(20)17(12-11-15(17)13(3)18)14-9-7-6-8-10-14/h6-10,13,15H,4-5,11-12,18H2,1-3H3/t13?,15-,17+/m1/s1. The van der Waals surface area contributed by atoms with Crippen LogP contribution in [-0.4, -0.2) is 29.9 Å². The maximum atomic E-state index is 13.1. The molecule has 3 heteroatoms. The number of hydrogen-bond donors (Lipinski definition) is 1. The second kappa shape index (κ2) is 5.96. The number of carbonyl (C=O) groups excluding carboxylic acids is 1. The van der Waals surface area contributed by atoms with E-state index in [-0.39, 0.29) is 17.9 Å². The van der Waals surface area contributed by atoms with Crippen LogP contribution in [0, 0.1) is 5.92 Å². The van der Waals surface area contributed by atoms with Crippen LogP contribution in [0.15, 0.2) is 30.3 Å². The summed E-state index contributed by atoms with van der Waals surface area (Å²) in [5, 5.41) is 0. The lowest BCUT2D eigenvalue weighted by Gasteiger charge is -2.52. The molecule has 0 spiro atoms. The molecule has 0 saturated heterocycles. The van der Waals surface area contributed by atoms with E-state index in [4.69, 9.17) is 5.73 Å². The third kappa shape index (κ3) is 2.24. The third-order valence-corrected chi connectivity index (χ3v) is 4.84. The Kier molecular flexibility index (Phi) is 4.48. The number of nitrogens with zero attached hydrogens (tertiary/aromatic N) is 1. The number of benzene rings is 1. The predicted molar refractivity (Wildman–Crippen MR) is 82.4 cm³/mol. The summed E-state index contributed by atoms with van der Waals surface area (Å²) < 4.78 is 0. The van der Waals surface area contributed by atoms with Crippen LogP contribution in [0.5, 0.6) is 0 Å². The van der Waals surface area contributed by atoms with E-state index in [1.54, 1.807) is 0 Å². The van der Waals surface area contributed by atoms with Crippen LogP contribution >= 0.6 is 0 Å². The van der Waals surface area contributed by atoms with E-state index >= 15 is 0 Å². The quantitative estimate of drug-likeness (QED) is 0.897. The molecule has 0 aliphatic heterocycles. The van der Waals surface area contributed by atoms with Gasteiger partial charge in [-0.15, -0.1) is 0 Å². The largest absolute Gasteiger partial charge is 0.342 e. The fourth-order valence-electron chi connectivity index (χ4n) is 3.59. The first-order valence-electron chi connectivity index (χ1n) is 7.68. The highest BCUT2D eigenvalue weighted by atomic mass is 16.2. The molecular weight excluding hydrogens is 248 g/mol. The number of rotatable bonds is 5. The summed E-state index contributed by atoms with van der Waals surface area (Å²) in [6.07, 6.45) is 1.96. The monoisotopic (exact) mass is 274 g/mol. The van der Waals surface area contributed by atoms with Crippen molar-refractivity contribution in [3.8, 4) is 0 Å². The summed E-state index contributed by atoms with van der Waals surface area (Å²) in [7, 11) is 0. The maximum absolute atomic E-state index is 13.1. The average molecular weight is 274 g/mol. The second-order valence-electron chi connectivity index (χ2n) is 5.82. The van der Waals surface area contributed by atoms with Crippen molar-refractivity contribution in [3.63, 3.8) is 0 Å². The van der Waals surface area contributed by atoms with Crippen LogP contribution in [0.25, 0.3) is 0 Å². The van der Waals surface area contributed by atoms with Gasteiger partial charge in [0.15, 0.2) is 0 Å². The first-order valence-corrected chi connectivity index (χ1v) is 7.68. The molecule has 3 atom stereocenters. The summed E-state index contributed by atoms with van der Waals surface area (Å²) in [6.45, 7) is 7.63. The Labute approximate surface area is 122 Å². The fraction of sp³-hybridized carbons (Fsp3) is 0.588. The minimum absolute atomic E-state index is 0.0449. The first kappa shape index (κ1) is 15.0. The van der Waals surface area contributed by atoms with E-state index in [9.17, 15) is 4.79 Å². The lowest BCUT2D eigenvalue weighted by atomic mass is 9.54. The van der Waals surface area contributed by atoms with Crippen molar-refractivity contribution in [2.75, 3.05) is 13.1 Å². The Morgan fingerprint density at radius 2 is 1.95 bits per heavy atom. The van der Waals surface area contributed by atoms with Crippen LogP contribution in [0.3, 0.4) is 0 Å². The van der Waals surface area contributed by atoms with Crippen molar-refractivity contribution >= 4 is 5.91 Å². The van der Waals surface area contributed by atoms with Crippen LogP contribution in [0.4, 0.5) is 0 Å². The SMILES string of the molecule is CCN(CC)C(=O)[C@]1(c2ccccc2)CC[C@@H]1C(C)N.